The maximum atomic E-state index is 8.34. The number of hydrogen-bond acceptors (Lipinski definition) is 4. The van der Waals surface area contributed by atoms with E-state index in [1.165, 1.54) is 0 Å². The minimum atomic E-state index is 0. The standard InChI is InChI=1S/C7H4Cl2N2.C6H4BrCl2N.CN.K/c8-6-2-1-5(3-4-10)7(9)11-6;7-3-4-1-2-5(8)10-6(4)9;1-2;/h1-2H,3H2;1-2H,3H2;;/q;;-1;+1. The molecule has 4 nitrogen and oxygen atoms in total. The number of hydrogen-bond donors (Lipinski definition) is 0. The molecular formula is C14H8BrCl4KN4. The summed E-state index contributed by atoms with van der Waals surface area (Å²) in [6, 6.07) is 8.84. The first kappa shape index (κ1) is 26.8. The van der Waals surface area contributed by atoms with Crippen LogP contribution in [0.25, 0.3) is 0 Å². The van der Waals surface area contributed by atoms with E-state index >= 15 is 0 Å². The van der Waals surface area contributed by atoms with E-state index in [2.05, 4.69) is 25.9 Å². The van der Waals surface area contributed by atoms with E-state index in [-0.39, 0.29) is 57.8 Å². The number of nitrogens with zero attached hydrogens (tertiary/aromatic N) is 4. The molecule has 0 aliphatic rings. The Morgan fingerprint density at radius 3 is 1.67 bits per heavy atom. The molecule has 0 atom stereocenters. The van der Waals surface area contributed by atoms with Crippen molar-refractivity contribution in [2.45, 2.75) is 11.8 Å². The second-order valence-electron chi connectivity index (χ2n) is 3.64. The molecule has 120 valence electrons. The first-order valence-electron chi connectivity index (χ1n) is 5.75. The zero-order valence-electron chi connectivity index (χ0n) is 12.4. The van der Waals surface area contributed by atoms with E-state index in [1.807, 2.05) is 12.1 Å². The van der Waals surface area contributed by atoms with Crippen LogP contribution in [0.1, 0.15) is 11.1 Å². The number of rotatable bonds is 2. The maximum Gasteiger partial charge on any atom is 1.00 e. The molecule has 2 rings (SSSR count). The smallest absolute Gasteiger partial charge is 0.512 e. The van der Waals surface area contributed by atoms with Crippen LogP contribution in [0.3, 0.4) is 0 Å². The van der Waals surface area contributed by atoms with Crippen molar-refractivity contribution in [1.29, 1.82) is 10.5 Å². The fourth-order valence-electron chi connectivity index (χ4n) is 1.20. The maximum absolute atomic E-state index is 8.34. The van der Waals surface area contributed by atoms with Crippen molar-refractivity contribution >= 4 is 62.3 Å². The van der Waals surface area contributed by atoms with Crippen LogP contribution in [0, 0.1) is 23.2 Å². The average Bonchev–Trinajstić information content (AvgIpc) is 2.53. The van der Waals surface area contributed by atoms with Gasteiger partial charge in [0, 0.05) is 16.5 Å². The second kappa shape index (κ2) is 15.8. The van der Waals surface area contributed by atoms with Gasteiger partial charge in [-0.25, -0.2) is 9.97 Å². The first-order chi connectivity index (χ1) is 11.0. The molecule has 10 heteroatoms. The Morgan fingerprint density at radius 2 is 1.33 bits per heavy atom. The Balaban J connectivity index is 0. The number of pyridine rings is 2. The number of nitriles is 1. The molecule has 0 fully saturated rings. The van der Waals surface area contributed by atoms with Gasteiger partial charge in [0.2, 0.25) is 0 Å². The summed E-state index contributed by atoms with van der Waals surface area (Å²) in [6.07, 6.45) is 0.267. The predicted molar refractivity (Wildman–Crippen MR) is 95.4 cm³/mol. The van der Waals surface area contributed by atoms with Crippen LogP contribution in [-0.2, 0) is 11.8 Å². The Bertz CT molecular complexity index is 707. The Kier molecular flexibility index (Phi) is 17.6. The van der Waals surface area contributed by atoms with E-state index in [9.17, 15) is 0 Å². The molecule has 2 aromatic heterocycles. The monoisotopic (exact) mass is 490 g/mol. The summed E-state index contributed by atoms with van der Waals surface area (Å²) in [5, 5.41) is 16.8. The molecule has 0 aromatic carbocycles. The third-order valence-electron chi connectivity index (χ3n) is 2.20. The van der Waals surface area contributed by atoms with Gasteiger partial charge in [0.05, 0.1) is 12.5 Å². The molecule has 0 unspecified atom stereocenters. The van der Waals surface area contributed by atoms with Gasteiger partial charge in [-0.3, -0.25) is 0 Å². The van der Waals surface area contributed by atoms with Crippen LogP contribution >= 0.6 is 62.3 Å². The molecule has 0 aliphatic heterocycles. The van der Waals surface area contributed by atoms with Crippen molar-refractivity contribution in [1.82, 2.24) is 9.97 Å². The van der Waals surface area contributed by atoms with Crippen molar-refractivity contribution in [3.05, 3.63) is 62.6 Å². The zero-order chi connectivity index (χ0) is 17.8. The fourth-order valence-corrected chi connectivity index (χ4v) is 2.64. The van der Waals surface area contributed by atoms with Gasteiger partial charge in [-0.2, -0.15) is 5.26 Å². The van der Waals surface area contributed by atoms with Gasteiger partial charge in [0.1, 0.15) is 20.6 Å². The Labute approximate surface area is 211 Å². The summed E-state index contributed by atoms with van der Waals surface area (Å²) >= 11 is 25.7. The van der Waals surface area contributed by atoms with Crippen molar-refractivity contribution in [3.8, 4) is 6.07 Å². The summed E-state index contributed by atoms with van der Waals surface area (Å²) in [4.78, 5) is 7.62. The van der Waals surface area contributed by atoms with E-state index < -0.39 is 0 Å². The van der Waals surface area contributed by atoms with Crippen LogP contribution in [-0.4, -0.2) is 9.97 Å². The van der Waals surface area contributed by atoms with Gasteiger partial charge in [-0.1, -0.05) is 74.5 Å². The number of halogens is 5. The average molecular weight is 493 g/mol. The molecule has 2 aromatic rings. The molecule has 0 bridgehead atoms. The predicted octanol–water partition coefficient (Wildman–Crippen LogP) is 2.84. The minimum Gasteiger partial charge on any atom is -0.512 e. The summed E-state index contributed by atoms with van der Waals surface area (Å²) < 4.78 is 0. The molecule has 0 radical (unpaired) electrons. The van der Waals surface area contributed by atoms with Gasteiger partial charge < -0.3 is 11.8 Å². The van der Waals surface area contributed by atoms with Crippen LogP contribution in [0.5, 0.6) is 0 Å². The van der Waals surface area contributed by atoms with Crippen molar-refractivity contribution in [3.63, 3.8) is 0 Å². The van der Waals surface area contributed by atoms with E-state index in [0.29, 0.717) is 31.5 Å². The molecule has 0 spiro atoms. The van der Waals surface area contributed by atoms with Crippen LogP contribution in [0.4, 0.5) is 0 Å². The largest absolute Gasteiger partial charge is 1.00 e. The molecule has 0 aliphatic carbocycles. The van der Waals surface area contributed by atoms with Crippen LogP contribution in [0.2, 0.25) is 20.6 Å². The van der Waals surface area contributed by atoms with Crippen LogP contribution in [0.15, 0.2) is 24.3 Å². The van der Waals surface area contributed by atoms with Crippen LogP contribution < -0.4 is 51.4 Å². The van der Waals surface area contributed by atoms with E-state index in [0.717, 1.165) is 5.56 Å². The summed E-state index contributed by atoms with van der Waals surface area (Å²) in [7, 11) is 0. The first-order valence-corrected chi connectivity index (χ1v) is 8.38. The fraction of sp³-hybridized carbons (Fsp3) is 0.143. The summed E-state index contributed by atoms with van der Waals surface area (Å²) in [6.45, 7) is 4.75. The third kappa shape index (κ3) is 10.5. The van der Waals surface area contributed by atoms with E-state index in [4.69, 9.17) is 63.5 Å². The quantitative estimate of drug-likeness (QED) is 0.280. The van der Waals surface area contributed by atoms with Crippen molar-refractivity contribution in [2.24, 2.45) is 0 Å². The molecule has 0 saturated carbocycles. The summed E-state index contributed by atoms with van der Waals surface area (Å²) in [5.41, 5.74) is 1.66. The third-order valence-corrected chi connectivity index (χ3v) is 3.88. The van der Waals surface area contributed by atoms with Crippen molar-refractivity contribution in [2.75, 3.05) is 0 Å². The zero-order valence-corrected chi connectivity index (χ0v) is 20.1. The van der Waals surface area contributed by atoms with Gasteiger partial charge in [-0.15, -0.1) is 0 Å². The topological polar surface area (TPSA) is 73.4 Å². The second-order valence-corrected chi connectivity index (χ2v) is 5.69. The summed E-state index contributed by atoms with van der Waals surface area (Å²) in [5.74, 6) is 0. The van der Waals surface area contributed by atoms with Gasteiger partial charge in [0.15, 0.2) is 0 Å². The molecule has 0 saturated heterocycles. The molecule has 0 amide bonds. The Morgan fingerprint density at radius 1 is 0.917 bits per heavy atom. The normalized spacial score (nSPS) is 8.42. The van der Waals surface area contributed by atoms with Crippen molar-refractivity contribution < 1.29 is 51.4 Å². The SMILES string of the molecule is Clc1ccc(CBr)c(Cl)n1.N#CCc1ccc(Cl)nc1Cl.[C-]#N.[K+]. The molecule has 24 heavy (non-hydrogen) atoms. The molecule has 2 heterocycles. The Hall–Kier alpha value is 0.556. The molecule has 0 N–H and O–H groups in total. The number of aromatic nitrogens is 2. The van der Waals surface area contributed by atoms with Gasteiger partial charge >= 0.3 is 51.4 Å². The van der Waals surface area contributed by atoms with E-state index in [1.54, 1.807) is 18.2 Å². The minimum absolute atomic E-state index is 0. The van der Waals surface area contributed by atoms with Gasteiger partial charge in [-0.05, 0) is 12.1 Å². The van der Waals surface area contributed by atoms with Gasteiger partial charge in [0.25, 0.3) is 0 Å². The molecular weight excluding hydrogens is 485 g/mol. The number of alkyl halides is 1.